The molecule has 0 bridgehead atoms. The fourth-order valence-electron chi connectivity index (χ4n) is 1.36. The Hall–Kier alpha value is 0.270. The quantitative estimate of drug-likeness (QED) is 0.679. The van der Waals surface area contributed by atoms with Crippen molar-refractivity contribution in [3.63, 3.8) is 0 Å². The second-order valence-electron chi connectivity index (χ2n) is 3.86. The maximum absolute atomic E-state index is 3.53. The van der Waals surface area contributed by atoms with Crippen LogP contribution in [0, 0.1) is 0 Å². The van der Waals surface area contributed by atoms with Crippen LogP contribution >= 0.6 is 11.9 Å². The van der Waals surface area contributed by atoms with Gasteiger partial charge in [-0.2, -0.15) is 0 Å². The van der Waals surface area contributed by atoms with Gasteiger partial charge in [0.2, 0.25) is 0 Å². The third-order valence-corrected chi connectivity index (χ3v) is 3.13. The van der Waals surface area contributed by atoms with Crippen LogP contribution in [0.3, 0.4) is 0 Å². The van der Waals surface area contributed by atoms with Crippen molar-refractivity contribution in [1.29, 1.82) is 0 Å². The molecule has 12 heavy (non-hydrogen) atoms. The van der Waals surface area contributed by atoms with Gasteiger partial charge in [0.05, 0.1) is 0 Å². The molecule has 0 aromatic rings. The molecule has 1 saturated heterocycles. The average molecular weight is 188 g/mol. The second-order valence-corrected chi connectivity index (χ2v) is 5.28. The highest BCUT2D eigenvalue weighted by molar-refractivity contribution is 7.98. The zero-order valence-corrected chi connectivity index (χ0v) is 9.16. The van der Waals surface area contributed by atoms with Crippen LogP contribution in [0.2, 0.25) is 0 Å². The van der Waals surface area contributed by atoms with Crippen molar-refractivity contribution < 1.29 is 0 Å². The Balaban J connectivity index is 2.09. The number of nitrogens with one attached hydrogen (secondary N) is 1. The predicted octanol–water partition coefficient (Wildman–Crippen LogP) is 1.73. The molecule has 0 spiro atoms. The van der Waals surface area contributed by atoms with E-state index in [1.165, 1.54) is 25.9 Å². The predicted molar refractivity (Wildman–Crippen MR) is 56.4 cm³/mol. The summed E-state index contributed by atoms with van der Waals surface area (Å²) in [5, 5.41) is 0.699. The SMILES string of the molecule is CC(C)SNC1CCN(C)CC1. The van der Waals surface area contributed by atoms with Crippen LogP contribution in [-0.2, 0) is 0 Å². The number of rotatable bonds is 3. The van der Waals surface area contributed by atoms with Crippen molar-refractivity contribution >= 4 is 11.9 Å². The molecule has 0 unspecified atom stereocenters. The Bertz CT molecular complexity index is 120. The molecular weight excluding hydrogens is 168 g/mol. The molecule has 1 aliphatic rings. The van der Waals surface area contributed by atoms with E-state index in [0.29, 0.717) is 5.25 Å². The summed E-state index contributed by atoms with van der Waals surface area (Å²) in [5.74, 6) is 0. The zero-order valence-electron chi connectivity index (χ0n) is 8.34. The molecule has 1 rings (SSSR count). The molecule has 3 heteroatoms. The zero-order chi connectivity index (χ0) is 8.97. The molecule has 1 N–H and O–H groups in total. The number of hydrogen-bond donors (Lipinski definition) is 1. The summed E-state index contributed by atoms with van der Waals surface area (Å²) < 4.78 is 3.53. The lowest BCUT2D eigenvalue weighted by molar-refractivity contribution is 0.250. The van der Waals surface area contributed by atoms with E-state index in [4.69, 9.17) is 0 Å². The largest absolute Gasteiger partial charge is 0.306 e. The minimum atomic E-state index is 0.699. The number of nitrogens with zero attached hydrogens (tertiary/aromatic N) is 1. The van der Waals surface area contributed by atoms with Crippen LogP contribution in [0.1, 0.15) is 26.7 Å². The normalized spacial score (nSPS) is 22.0. The molecule has 1 aliphatic heterocycles. The Morgan fingerprint density at radius 1 is 1.33 bits per heavy atom. The molecule has 0 atom stereocenters. The second kappa shape index (κ2) is 5.10. The first kappa shape index (κ1) is 10.4. The monoisotopic (exact) mass is 188 g/mol. The third-order valence-electron chi connectivity index (χ3n) is 2.19. The standard InChI is InChI=1S/C9H20N2S/c1-8(2)12-10-9-4-6-11(3)7-5-9/h8-10H,4-7H2,1-3H3. The van der Waals surface area contributed by atoms with E-state index in [-0.39, 0.29) is 0 Å². The van der Waals surface area contributed by atoms with Crippen molar-refractivity contribution in [3.8, 4) is 0 Å². The van der Waals surface area contributed by atoms with Gasteiger partial charge in [-0.3, -0.25) is 4.72 Å². The van der Waals surface area contributed by atoms with E-state index in [0.717, 1.165) is 6.04 Å². The maximum atomic E-state index is 3.53. The Morgan fingerprint density at radius 2 is 1.92 bits per heavy atom. The topological polar surface area (TPSA) is 15.3 Å². The van der Waals surface area contributed by atoms with Gasteiger partial charge in [-0.05, 0) is 33.0 Å². The van der Waals surface area contributed by atoms with Crippen LogP contribution < -0.4 is 4.72 Å². The van der Waals surface area contributed by atoms with Crippen molar-refractivity contribution in [2.45, 2.75) is 38.0 Å². The summed E-state index contributed by atoms with van der Waals surface area (Å²) in [4.78, 5) is 2.40. The first-order valence-electron chi connectivity index (χ1n) is 4.78. The van der Waals surface area contributed by atoms with Gasteiger partial charge in [0.25, 0.3) is 0 Å². The van der Waals surface area contributed by atoms with Crippen LogP contribution in [0.4, 0.5) is 0 Å². The molecule has 0 aromatic carbocycles. The summed E-state index contributed by atoms with van der Waals surface area (Å²) in [6.45, 7) is 6.95. The first-order valence-corrected chi connectivity index (χ1v) is 5.66. The molecule has 0 radical (unpaired) electrons. The summed E-state index contributed by atoms with van der Waals surface area (Å²) in [6, 6.07) is 0.744. The fourth-order valence-corrected chi connectivity index (χ4v) is 2.06. The van der Waals surface area contributed by atoms with E-state index < -0.39 is 0 Å². The van der Waals surface area contributed by atoms with Gasteiger partial charge in [-0.1, -0.05) is 25.8 Å². The highest BCUT2D eigenvalue weighted by atomic mass is 32.2. The van der Waals surface area contributed by atoms with Crippen LogP contribution in [0.15, 0.2) is 0 Å². The molecule has 1 fully saturated rings. The minimum absolute atomic E-state index is 0.699. The molecule has 0 saturated carbocycles. The molecule has 1 heterocycles. The fraction of sp³-hybridized carbons (Fsp3) is 1.00. The minimum Gasteiger partial charge on any atom is -0.306 e. The smallest absolute Gasteiger partial charge is 0.0196 e. The van der Waals surface area contributed by atoms with Gasteiger partial charge < -0.3 is 4.90 Å². The Morgan fingerprint density at radius 3 is 2.42 bits per heavy atom. The van der Waals surface area contributed by atoms with Crippen molar-refractivity contribution in [2.24, 2.45) is 0 Å². The summed E-state index contributed by atoms with van der Waals surface area (Å²) in [6.07, 6.45) is 2.60. The average Bonchev–Trinajstić information content (AvgIpc) is 2.03. The summed E-state index contributed by atoms with van der Waals surface area (Å²) in [5.41, 5.74) is 0. The van der Waals surface area contributed by atoms with Gasteiger partial charge in [0.1, 0.15) is 0 Å². The molecule has 0 amide bonds. The lowest BCUT2D eigenvalue weighted by atomic mass is 10.1. The van der Waals surface area contributed by atoms with Crippen molar-refractivity contribution in [3.05, 3.63) is 0 Å². The Labute approximate surface area is 80.2 Å². The molecule has 0 aromatic heterocycles. The lowest BCUT2D eigenvalue weighted by Gasteiger charge is -2.29. The van der Waals surface area contributed by atoms with Gasteiger partial charge in [-0.15, -0.1) is 0 Å². The van der Waals surface area contributed by atoms with Gasteiger partial charge in [0, 0.05) is 11.3 Å². The van der Waals surface area contributed by atoms with Gasteiger partial charge in [0.15, 0.2) is 0 Å². The van der Waals surface area contributed by atoms with Gasteiger partial charge in [-0.25, -0.2) is 0 Å². The molecule has 72 valence electrons. The maximum Gasteiger partial charge on any atom is 0.0196 e. The highest BCUT2D eigenvalue weighted by Gasteiger charge is 2.15. The van der Waals surface area contributed by atoms with E-state index >= 15 is 0 Å². The van der Waals surface area contributed by atoms with Gasteiger partial charge >= 0.3 is 0 Å². The van der Waals surface area contributed by atoms with E-state index in [1.54, 1.807) is 0 Å². The molecular formula is C9H20N2S. The van der Waals surface area contributed by atoms with Crippen LogP contribution in [0.5, 0.6) is 0 Å². The van der Waals surface area contributed by atoms with E-state index in [9.17, 15) is 0 Å². The third kappa shape index (κ3) is 3.78. The Kier molecular flexibility index (Phi) is 4.40. The number of likely N-dealkylation sites (tertiary alicyclic amines) is 1. The molecule has 2 nitrogen and oxygen atoms in total. The first-order chi connectivity index (χ1) is 5.68. The summed E-state index contributed by atoms with van der Waals surface area (Å²) >= 11 is 1.87. The molecule has 0 aliphatic carbocycles. The van der Waals surface area contributed by atoms with Crippen molar-refractivity contribution in [1.82, 2.24) is 9.62 Å². The number of hydrogen-bond acceptors (Lipinski definition) is 3. The highest BCUT2D eigenvalue weighted by Crippen LogP contribution is 2.13. The lowest BCUT2D eigenvalue weighted by Crippen LogP contribution is -2.38. The number of piperidine rings is 1. The van der Waals surface area contributed by atoms with E-state index in [1.807, 2.05) is 11.9 Å². The van der Waals surface area contributed by atoms with Crippen molar-refractivity contribution in [2.75, 3.05) is 20.1 Å². The van der Waals surface area contributed by atoms with Crippen LogP contribution in [-0.4, -0.2) is 36.3 Å². The van der Waals surface area contributed by atoms with Crippen LogP contribution in [0.25, 0.3) is 0 Å². The summed E-state index contributed by atoms with van der Waals surface area (Å²) in [7, 11) is 2.20. The van der Waals surface area contributed by atoms with E-state index in [2.05, 4.69) is 30.5 Å².